The van der Waals surface area contributed by atoms with Gasteiger partial charge in [0, 0.05) is 21.3 Å². The molecule has 0 spiro atoms. The van der Waals surface area contributed by atoms with Crippen molar-refractivity contribution in [2.45, 2.75) is 17.1 Å². The molecule has 4 nitrogen and oxygen atoms in total. The molecule has 0 aliphatic heterocycles. The summed E-state index contributed by atoms with van der Waals surface area (Å²) >= 11 is 18.9. The van der Waals surface area contributed by atoms with Crippen molar-refractivity contribution in [1.29, 1.82) is 0 Å². The van der Waals surface area contributed by atoms with Crippen LogP contribution >= 0.6 is 47.2 Å². The van der Waals surface area contributed by atoms with Crippen LogP contribution in [0.1, 0.15) is 6.92 Å². The number of thiocarbonyl (C=S) groups is 1. The highest BCUT2D eigenvalue weighted by atomic mass is 35.5. The number of nitrogens with one attached hydrogen (secondary N) is 3. The summed E-state index contributed by atoms with van der Waals surface area (Å²) in [6, 6.07) is 22.4. The number of hydrogen-bond donors (Lipinski definition) is 3. The molecule has 3 aromatic rings. The van der Waals surface area contributed by atoms with Crippen molar-refractivity contribution in [3.8, 4) is 0 Å². The molecule has 3 N–H and O–H groups in total. The molecule has 0 bridgehead atoms. The zero-order valence-corrected chi connectivity index (χ0v) is 19.1. The lowest BCUT2D eigenvalue weighted by molar-refractivity contribution is -0.115. The van der Waals surface area contributed by atoms with Gasteiger partial charge in [0.05, 0.1) is 16.0 Å². The molecule has 8 heteroatoms. The SMILES string of the molecule is CC(Sc1ccc(NC(=S)Nc2ccccc2)cc1)C(=O)Nc1cc(Cl)ccc1Cl. The van der Waals surface area contributed by atoms with Crippen LogP contribution in [0.25, 0.3) is 0 Å². The molecule has 0 heterocycles. The van der Waals surface area contributed by atoms with E-state index in [4.69, 9.17) is 35.4 Å². The number of carbonyl (C=O) groups excluding carboxylic acids is 1. The molecule has 0 radical (unpaired) electrons. The van der Waals surface area contributed by atoms with Crippen LogP contribution in [0.15, 0.2) is 77.7 Å². The van der Waals surface area contributed by atoms with Crippen LogP contribution in [-0.2, 0) is 4.79 Å². The van der Waals surface area contributed by atoms with E-state index in [1.807, 2.05) is 61.5 Å². The number of carbonyl (C=O) groups is 1. The Morgan fingerprint density at radius 3 is 2.20 bits per heavy atom. The molecule has 30 heavy (non-hydrogen) atoms. The smallest absolute Gasteiger partial charge is 0.237 e. The molecule has 0 aromatic heterocycles. The first-order chi connectivity index (χ1) is 14.4. The quantitative estimate of drug-likeness (QED) is 0.266. The highest BCUT2D eigenvalue weighted by molar-refractivity contribution is 8.00. The van der Waals surface area contributed by atoms with Crippen LogP contribution in [0.4, 0.5) is 17.1 Å². The fourth-order valence-electron chi connectivity index (χ4n) is 2.52. The fourth-order valence-corrected chi connectivity index (χ4v) is 3.96. The van der Waals surface area contributed by atoms with Gasteiger partial charge in [0.15, 0.2) is 5.11 Å². The van der Waals surface area contributed by atoms with Gasteiger partial charge in [-0.2, -0.15) is 0 Å². The van der Waals surface area contributed by atoms with Gasteiger partial charge in [-0.05, 0) is 73.7 Å². The molecular formula is C22H19Cl2N3OS2. The average molecular weight is 476 g/mol. The summed E-state index contributed by atoms with van der Waals surface area (Å²) in [7, 11) is 0. The van der Waals surface area contributed by atoms with Gasteiger partial charge in [-0.3, -0.25) is 4.79 Å². The van der Waals surface area contributed by atoms with Gasteiger partial charge in [-0.15, -0.1) is 11.8 Å². The molecule has 0 aliphatic rings. The summed E-state index contributed by atoms with van der Waals surface area (Å²) < 4.78 is 0. The number of halogens is 2. The minimum absolute atomic E-state index is 0.153. The minimum atomic E-state index is -0.320. The third kappa shape index (κ3) is 6.64. The molecule has 1 unspecified atom stereocenters. The summed E-state index contributed by atoms with van der Waals surface area (Å²) in [4.78, 5) is 13.5. The zero-order valence-electron chi connectivity index (χ0n) is 16.0. The van der Waals surface area contributed by atoms with Gasteiger partial charge in [0.25, 0.3) is 0 Å². The van der Waals surface area contributed by atoms with Crippen LogP contribution in [0, 0.1) is 0 Å². The van der Waals surface area contributed by atoms with Gasteiger partial charge < -0.3 is 16.0 Å². The number of hydrogen-bond acceptors (Lipinski definition) is 3. The lowest BCUT2D eigenvalue weighted by atomic mass is 10.3. The van der Waals surface area contributed by atoms with Crippen molar-refractivity contribution in [3.05, 3.63) is 82.8 Å². The molecule has 0 aliphatic carbocycles. The fraction of sp³-hybridized carbons (Fsp3) is 0.0909. The van der Waals surface area contributed by atoms with Crippen molar-refractivity contribution in [2.24, 2.45) is 0 Å². The first-order valence-corrected chi connectivity index (χ1v) is 11.1. The third-order valence-corrected chi connectivity index (χ3v) is 5.89. The minimum Gasteiger partial charge on any atom is -0.332 e. The molecule has 0 saturated carbocycles. The van der Waals surface area contributed by atoms with E-state index in [1.165, 1.54) is 11.8 Å². The highest BCUT2D eigenvalue weighted by Gasteiger charge is 2.16. The Bertz CT molecular complexity index is 1030. The molecular weight excluding hydrogens is 457 g/mol. The second-order valence-electron chi connectivity index (χ2n) is 6.34. The number of thioether (sulfide) groups is 1. The van der Waals surface area contributed by atoms with Crippen LogP contribution in [-0.4, -0.2) is 16.3 Å². The maximum atomic E-state index is 12.5. The summed E-state index contributed by atoms with van der Waals surface area (Å²) in [6.07, 6.45) is 0. The molecule has 154 valence electrons. The van der Waals surface area contributed by atoms with E-state index < -0.39 is 0 Å². The predicted molar refractivity (Wildman–Crippen MR) is 133 cm³/mol. The van der Waals surface area contributed by atoms with E-state index in [-0.39, 0.29) is 11.2 Å². The van der Waals surface area contributed by atoms with Gasteiger partial charge in [-0.25, -0.2) is 0 Å². The predicted octanol–water partition coefficient (Wildman–Crippen LogP) is 6.92. The van der Waals surface area contributed by atoms with Gasteiger partial charge in [-0.1, -0.05) is 41.4 Å². The van der Waals surface area contributed by atoms with E-state index in [2.05, 4.69) is 16.0 Å². The van der Waals surface area contributed by atoms with E-state index >= 15 is 0 Å². The van der Waals surface area contributed by atoms with Crippen LogP contribution in [0.5, 0.6) is 0 Å². The Morgan fingerprint density at radius 1 is 0.900 bits per heavy atom. The second-order valence-corrected chi connectivity index (χ2v) is 9.01. The number of para-hydroxylation sites is 1. The van der Waals surface area contributed by atoms with Gasteiger partial charge >= 0.3 is 0 Å². The standard InChI is InChI=1S/C22H19Cl2N3OS2/c1-14(21(28)27-20-13-15(23)7-12-19(20)24)30-18-10-8-17(9-11-18)26-22(29)25-16-5-3-2-4-6-16/h2-14H,1H3,(H,27,28)(H2,25,26,29). The van der Waals surface area contributed by atoms with Crippen LogP contribution in [0.3, 0.4) is 0 Å². The van der Waals surface area contributed by atoms with E-state index in [0.29, 0.717) is 20.8 Å². The molecule has 1 atom stereocenters. The van der Waals surface area contributed by atoms with Gasteiger partial charge in [0.2, 0.25) is 5.91 Å². The summed E-state index contributed by atoms with van der Waals surface area (Å²) in [5.41, 5.74) is 2.28. The Kier molecular flexibility index (Phi) is 7.99. The molecule has 0 saturated heterocycles. The summed E-state index contributed by atoms with van der Waals surface area (Å²) in [6.45, 7) is 1.84. The van der Waals surface area contributed by atoms with Crippen molar-refractivity contribution in [1.82, 2.24) is 0 Å². The Hall–Kier alpha value is -2.25. The van der Waals surface area contributed by atoms with E-state index in [0.717, 1.165) is 16.3 Å². The lowest BCUT2D eigenvalue weighted by Gasteiger charge is -2.14. The zero-order chi connectivity index (χ0) is 21.5. The van der Waals surface area contributed by atoms with Crippen molar-refractivity contribution in [3.63, 3.8) is 0 Å². The number of benzene rings is 3. The van der Waals surface area contributed by atoms with E-state index in [9.17, 15) is 4.79 Å². The van der Waals surface area contributed by atoms with Crippen molar-refractivity contribution < 1.29 is 4.79 Å². The van der Waals surface area contributed by atoms with Crippen molar-refractivity contribution >= 4 is 75.3 Å². The van der Waals surface area contributed by atoms with Crippen LogP contribution < -0.4 is 16.0 Å². The average Bonchev–Trinajstić information content (AvgIpc) is 2.72. The van der Waals surface area contributed by atoms with Gasteiger partial charge in [0.1, 0.15) is 0 Å². The normalized spacial score (nSPS) is 11.4. The Balaban J connectivity index is 1.53. The molecule has 3 aromatic carbocycles. The molecule has 1 amide bonds. The van der Waals surface area contributed by atoms with E-state index in [1.54, 1.807) is 18.2 Å². The Morgan fingerprint density at radius 2 is 1.53 bits per heavy atom. The number of rotatable bonds is 6. The topological polar surface area (TPSA) is 53.2 Å². The maximum absolute atomic E-state index is 12.5. The number of anilines is 3. The summed E-state index contributed by atoms with van der Waals surface area (Å²) in [5.74, 6) is -0.153. The number of amides is 1. The largest absolute Gasteiger partial charge is 0.332 e. The second kappa shape index (κ2) is 10.7. The first kappa shape index (κ1) is 22.4. The molecule has 0 fully saturated rings. The summed E-state index contributed by atoms with van der Waals surface area (Å²) in [5, 5.41) is 10.2. The third-order valence-electron chi connectivity index (χ3n) is 4.01. The lowest BCUT2D eigenvalue weighted by Crippen LogP contribution is -2.22. The highest BCUT2D eigenvalue weighted by Crippen LogP contribution is 2.29. The maximum Gasteiger partial charge on any atom is 0.237 e. The molecule has 3 rings (SSSR count). The monoisotopic (exact) mass is 475 g/mol. The first-order valence-electron chi connectivity index (χ1n) is 9.06. The van der Waals surface area contributed by atoms with Crippen molar-refractivity contribution in [2.75, 3.05) is 16.0 Å². The van der Waals surface area contributed by atoms with Crippen LogP contribution in [0.2, 0.25) is 10.0 Å². The Labute approximate surface area is 195 Å².